The number of nitrogens with zero attached hydrogens (tertiary/aromatic N) is 3. The largest absolute Gasteiger partial charge is 0.321 e. The van der Waals surface area contributed by atoms with Crippen molar-refractivity contribution >= 4 is 9.84 Å². The molecule has 0 radical (unpaired) electrons. The summed E-state index contributed by atoms with van der Waals surface area (Å²) < 4.78 is 25.7. The molecule has 0 amide bonds. The van der Waals surface area contributed by atoms with Crippen LogP contribution in [0.1, 0.15) is 6.42 Å². The molecule has 0 atom stereocenters. The van der Waals surface area contributed by atoms with Crippen LogP contribution < -0.4 is 0 Å². The van der Waals surface area contributed by atoms with Crippen molar-refractivity contribution in [3.8, 4) is 5.69 Å². The maximum atomic E-state index is 11.0. The van der Waals surface area contributed by atoms with Gasteiger partial charge in [-0.05, 0) is 18.6 Å². The minimum absolute atomic E-state index is 0.200. The highest BCUT2D eigenvalue weighted by Gasteiger charge is 2.03. The standard InChI is InChI=1S/C11H15N3O2S/c1-17(15,16)8-4-7-14-10-11(9-12-14)13-5-2-3-6-13/h2-3,5-6,9-10H,4,7-8H2,1H3. The van der Waals surface area contributed by atoms with Gasteiger partial charge in [0.25, 0.3) is 0 Å². The molecule has 0 aliphatic rings. The summed E-state index contributed by atoms with van der Waals surface area (Å²) in [5.74, 6) is 0.200. The molecule has 0 unspecified atom stereocenters. The molecule has 0 fully saturated rings. The Morgan fingerprint density at radius 1 is 1.29 bits per heavy atom. The number of hydrogen-bond acceptors (Lipinski definition) is 3. The van der Waals surface area contributed by atoms with Crippen LogP contribution in [0.25, 0.3) is 5.69 Å². The molecule has 17 heavy (non-hydrogen) atoms. The summed E-state index contributed by atoms with van der Waals surface area (Å²) in [5, 5.41) is 4.19. The van der Waals surface area contributed by atoms with Crippen molar-refractivity contribution < 1.29 is 8.42 Å². The molecule has 0 aliphatic carbocycles. The van der Waals surface area contributed by atoms with Gasteiger partial charge in [-0.15, -0.1) is 0 Å². The lowest BCUT2D eigenvalue weighted by Crippen LogP contribution is -2.07. The number of aromatic nitrogens is 3. The van der Waals surface area contributed by atoms with Crippen molar-refractivity contribution in [2.24, 2.45) is 0 Å². The lowest BCUT2D eigenvalue weighted by Gasteiger charge is -2.00. The van der Waals surface area contributed by atoms with Crippen LogP contribution in [0.5, 0.6) is 0 Å². The fourth-order valence-corrected chi connectivity index (χ4v) is 2.26. The van der Waals surface area contributed by atoms with Crippen molar-refractivity contribution in [1.29, 1.82) is 0 Å². The summed E-state index contributed by atoms with van der Waals surface area (Å²) in [6.07, 6.45) is 9.39. The molecule has 0 saturated heterocycles. The Bertz CT molecular complexity index is 570. The highest BCUT2D eigenvalue weighted by Crippen LogP contribution is 2.06. The molecule has 0 aliphatic heterocycles. The van der Waals surface area contributed by atoms with E-state index in [2.05, 4.69) is 5.10 Å². The number of aryl methyl sites for hydroxylation is 1. The van der Waals surface area contributed by atoms with E-state index in [1.54, 1.807) is 10.9 Å². The highest BCUT2D eigenvalue weighted by atomic mass is 32.2. The predicted molar refractivity (Wildman–Crippen MR) is 65.9 cm³/mol. The third kappa shape index (κ3) is 3.45. The van der Waals surface area contributed by atoms with Gasteiger partial charge < -0.3 is 4.57 Å². The van der Waals surface area contributed by atoms with Gasteiger partial charge in [-0.2, -0.15) is 5.10 Å². The van der Waals surface area contributed by atoms with E-state index in [0.717, 1.165) is 5.69 Å². The Balaban J connectivity index is 1.95. The Morgan fingerprint density at radius 3 is 2.65 bits per heavy atom. The van der Waals surface area contributed by atoms with E-state index >= 15 is 0 Å². The zero-order valence-corrected chi connectivity index (χ0v) is 10.5. The second-order valence-electron chi connectivity index (χ2n) is 4.04. The first-order chi connectivity index (χ1) is 8.04. The van der Waals surface area contributed by atoms with Crippen LogP contribution in [0.4, 0.5) is 0 Å². The molecule has 2 heterocycles. The monoisotopic (exact) mass is 253 g/mol. The van der Waals surface area contributed by atoms with Gasteiger partial charge >= 0.3 is 0 Å². The summed E-state index contributed by atoms with van der Waals surface area (Å²) >= 11 is 0. The third-order valence-corrected chi connectivity index (χ3v) is 3.45. The maximum absolute atomic E-state index is 11.0. The van der Waals surface area contributed by atoms with E-state index < -0.39 is 9.84 Å². The van der Waals surface area contributed by atoms with E-state index in [0.29, 0.717) is 13.0 Å². The molecule has 92 valence electrons. The summed E-state index contributed by atoms with van der Waals surface area (Å²) in [7, 11) is -2.88. The maximum Gasteiger partial charge on any atom is 0.147 e. The molecule has 5 nitrogen and oxygen atoms in total. The predicted octanol–water partition coefficient (Wildman–Crippen LogP) is 1.11. The quantitative estimate of drug-likeness (QED) is 0.802. The fraction of sp³-hybridized carbons (Fsp3) is 0.364. The smallest absolute Gasteiger partial charge is 0.147 e. The van der Waals surface area contributed by atoms with Gasteiger partial charge in [-0.25, -0.2) is 8.42 Å². The molecule has 0 spiro atoms. The van der Waals surface area contributed by atoms with Gasteiger partial charge in [-0.1, -0.05) is 0 Å². The van der Waals surface area contributed by atoms with Crippen molar-refractivity contribution in [3.05, 3.63) is 36.9 Å². The topological polar surface area (TPSA) is 56.9 Å². The first kappa shape index (κ1) is 11.9. The Kier molecular flexibility index (Phi) is 3.33. The second-order valence-corrected chi connectivity index (χ2v) is 6.30. The summed E-state index contributed by atoms with van der Waals surface area (Å²) in [6.45, 7) is 0.619. The van der Waals surface area contributed by atoms with Crippen molar-refractivity contribution in [2.45, 2.75) is 13.0 Å². The van der Waals surface area contributed by atoms with Gasteiger partial charge in [0, 0.05) is 31.4 Å². The van der Waals surface area contributed by atoms with Crippen LogP contribution in [0, 0.1) is 0 Å². The minimum atomic E-state index is -2.88. The molecular weight excluding hydrogens is 238 g/mol. The molecule has 0 bridgehead atoms. The van der Waals surface area contributed by atoms with Gasteiger partial charge in [0.05, 0.1) is 17.6 Å². The average molecular weight is 253 g/mol. The van der Waals surface area contributed by atoms with Gasteiger partial charge in [0.2, 0.25) is 0 Å². The Hall–Kier alpha value is -1.56. The first-order valence-electron chi connectivity index (χ1n) is 5.38. The lowest BCUT2D eigenvalue weighted by atomic mass is 10.5. The zero-order chi connectivity index (χ0) is 12.3. The number of sulfone groups is 1. The fourth-order valence-electron chi connectivity index (χ4n) is 1.60. The number of hydrogen-bond donors (Lipinski definition) is 0. The molecule has 2 aromatic heterocycles. The first-order valence-corrected chi connectivity index (χ1v) is 7.44. The van der Waals surface area contributed by atoms with E-state index in [4.69, 9.17) is 0 Å². The van der Waals surface area contributed by atoms with Crippen molar-refractivity contribution in [3.63, 3.8) is 0 Å². The van der Waals surface area contributed by atoms with Gasteiger partial charge in [0.1, 0.15) is 9.84 Å². The van der Waals surface area contributed by atoms with Crippen LogP contribution in [0.3, 0.4) is 0 Å². The average Bonchev–Trinajstić information content (AvgIpc) is 2.83. The van der Waals surface area contributed by atoms with Crippen LogP contribution in [-0.4, -0.2) is 34.8 Å². The van der Waals surface area contributed by atoms with Gasteiger partial charge in [0.15, 0.2) is 0 Å². The zero-order valence-electron chi connectivity index (χ0n) is 9.65. The van der Waals surface area contributed by atoms with Crippen molar-refractivity contribution in [1.82, 2.24) is 14.3 Å². The second kappa shape index (κ2) is 4.75. The molecule has 0 N–H and O–H groups in total. The van der Waals surface area contributed by atoms with E-state index in [9.17, 15) is 8.42 Å². The van der Waals surface area contributed by atoms with E-state index in [1.165, 1.54) is 6.26 Å². The van der Waals surface area contributed by atoms with Crippen LogP contribution in [0.15, 0.2) is 36.9 Å². The molecular formula is C11H15N3O2S. The van der Waals surface area contributed by atoms with Crippen LogP contribution in [-0.2, 0) is 16.4 Å². The highest BCUT2D eigenvalue weighted by molar-refractivity contribution is 7.90. The van der Waals surface area contributed by atoms with Gasteiger partial charge in [-0.3, -0.25) is 4.68 Å². The molecule has 6 heteroatoms. The normalized spacial score (nSPS) is 11.8. The molecule has 0 aromatic carbocycles. The third-order valence-electron chi connectivity index (χ3n) is 2.42. The Morgan fingerprint density at radius 2 is 2.00 bits per heavy atom. The Labute approximate surface area is 101 Å². The SMILES string of the molecule is CS(=O)(=O)CCCn1cc(-n2cccc2)cn1. The molecule has 0 saturated carbocycles. The van der Waals surface area contributed by atoms with Crippen LogP contribution >= 0.6 is 0 Å². The minimum Gasteiger partial charge on any atom is -0.321 e. The molecule has 2 aromatic rings. The van der Waals surface area contributed by atoms with E-state index in [1.807, 2.05) is 35.3 Å². The molecule has 2 rings (SSSR count). The summed E-state index contributed by atoms with van der Waals surface area (Å²) in [5.41, 5.74) is 0.981. The summed E-state index contributed by atoms with van der Waals surface area (Å²) in [6, 6.07) is 3.89. The van der Waals surface area contributed by atoms with Crippen molar-refractivity contribution in [2.75, 3.05) is 12.0 Å². The lowest BCUT2D eigenvalue weighted by molar-refractivity contribution is 0.576. The number of rotatable bonds is 5. The summed E-state index contributed by atoms with van der Waals surface area (Å²) in [4.78, 5) is 0. The van der Waals surface area contributed by atoms with E-state index in [-0.39, 0.29) is 5.75 Å². The van der Waals surface area contributed by atoms with Crippen LogP contribution in [0.2, 0.25) is 0 Å².